The van der Waals surface area contributed by atoms with E-state index in [0.717, 1.165) is 45.1 Å². The molecule has 1 aromatic heterocycles. The van der Waals surface area contributed by atoms with Crippen molar-refractivity contribution in [3.8, 4) is 0 Å². The first-order valence-electron chi connectivity index (χ1n) is 28.1. The fourth-order valence-corrected chi connectivity index (χ4v) is 13.5. The van der Waals surface area contributed by atoms with Crippen LogP contribution in [0, 0.1) is 5.41 Å². The summed E-state index contributed by atoms with van der Waals surface area (Å²) in [7, 11) is 0. The summed E-state index contributed by atoms with van der Waals surface area (Å²) in [6, 6.07) is 77.3. The fourth-order valence-electron chi connectivity index (χ4n) is 10.9. The highest BCUT2D eigenvalue weighted by Crippen LogP contribution is 2.46. The van der Waals surface area contributed by atoms with Crippen LogP contribution in [0.4, 0.5) is 5.13 Å². The van der Waals surface area contributed by atoms with Crippen LogP contribution in [0.25, 0.3) is 0 Å². The van der Waals surface area contributed by atoms with E-state index in [-0.39, 0.29) is 29.5 Å². The summed E-state index contributed by atoms with van der Waals surface area (Å²) in [6.07, 6.45) is -0.891. The van der Waals surface area contributed by atoms with E-state index in [4.69, 9.17) is 24.7 Å². The molecule has 18 heteroatoms. The summed E-state index contributed by atoms with van der Waals surface area (Å²) in [5.41, 5.74) is 13.0. The molecule has 0 radical (unpaired) electrons. The van der Waals surface area contributed by atoms with Gasteiger partial charge in [0.25, 0.3) is 11.8 Å². The lowest BCUT2D eigenvalue weighted by molar-refractivity contribution is -0.155. The number of esters is 2. The molecule has 0 saturated carbocycles. The van der Waals surface area contributed by atoms with E-state index in [1.807, 2.05) is 243 Å². The topological polar surface area (TPSA) is 196 Å². The average molecular weight is 1210 g/mol. The van der Waals surface area contributed by atoms with E-state index in [2.05, 4.69) is 26.6 Å². The normalized spacial score (nSPS) is 16.2. The predicted octanol–water partition coefficient (Wildman–Crippen LogP) is 11.9. The molecule has 0 spiro atoms. The first-order chi connectivity index (χ1) is 42.6. The number of ether oxygens (including phenoxy) is 2. The Labute approximate surface area is 516 Å². The maximum absolute atomic E-state index is 15.2. The molecule has 4 atom stereocenters. The van der Waals surface area contributed by atoms with Gasteiger partial charge in [-0.05, 0) is 51.4 Å². The minimum Gasteiger partial charge on any atom is -0.448 e. The molecule has 3 unspecified atom stereocenters. The number of hydrogen-bond donors (Lipinski definition) is 5. The minimum atomic E-state index is -1.21. The number of benzene rings is 8. The molecule has 87 heavy (non-hydrogen) atoms. The van der Waals surface area contributed by atoms with Gasteiger partial charge in [0.05, 0.1) is 10.8 Å². The molecule has 5 N–H and O–H groups in total. The molecule has 2 aliphatic heterocycles. The number of carbonyl (C=O) groups excluding carboxylic acids is 4. The van der Waals surface area contributed by atoms with Crippen molar-refractivity contribution >= 4 is 75.0 Å². The van der Waals surface area contributed by atoms with Crippen LogP contribution >= 0.6 is 34.9 Å². The van der Waals surface area contributed by atoms with Gasteiger partial charge in [0.1, 0.15) is 40.2 Å². The largest absolute Gasteiger partial charge is 0.448 e. The van der Waals surface area contributed by atoms with Gasteiger partial charge in [-0.2, -0.15) is 0 Å². The molecule has 8 aromatic carbocycles. The zero-order valence-corrected chi connectivity index (χ0v) is 49.7. The monoisotopic (exact) mass is 1210 g/mol. The molecule has 1 fully saturated rings. The van der Waals surface area contributed by atoms with Crippen LogP contribution in [0.1, 0.15) is 70.2 Å². The number of rotatable bonds is 24. The van der Waals surface area contributed by atoms with Crippen LogP contribution in [-0.2, 0) is 44.6 Å². The smallest absolute Gasteiger partial charge is 0.359 e. The highest BCUT2D eigenvalue weighted by atomic mass is 32.2. The van der Waals surface area contributed by atoms with Crippen molar-refractivity contribution < 1.29 is 33.5 Å². The summed E-state index contributed by atoms with van der Waals surface area (Å²) in [6.45, 7) is 2.79. The molecule has 2 aliphatic rings. The Kier molecular flexibility index (Phi) is 18.6. The molecule has 3 heterocycles. The lowest BCUT2D eigenvalue weighted by atomic mass is 9.77. The third kappa shape index (κ3) is 12.6. The third-order valence-electron chi connectivity index (χ3n) is 14.9. The van der Waals surface area contributed by atoms with Crippen LogP contribution < -0.4 is 21.5 Å². The van der Waals surface area contributed by atoms with Gasteiger partial charge in [0.2, 0.25) is 0 Å². The van der Waals surface area contributed by atoms with E-state index in [1.54, 1.807) is 12.3 Å². The van der Waals surface area contributed by atoms with Crippen molar-refractivity contribution in [2.75, 3.05) is 11.9 Å². The maximum atomic E-state index is 15.2. The van der Waals surface area contributed by atoms with Crippen molar-refractivity contribution in [1.29, 1.82) is 5.41 Å². The zero-order chi connectivity index (χ0) is 60.2. The first-order valence-corrected chi connectivity index (χ1v) is 30.8. The standard InChI is InChI=1S/C69H60N8O7S3/c1-46-61(83-47(2)78)60(66(81)84-62(48-27-11-3-12-28-48)49-29-13-4-14-30-49)77-64(80)59(65(77)87-46)72-63(79)58(56-44-85-67(71-56)73-68(50-31-15-5-16-32-50,51-33-17-6-18-34-51)52-35-19-7-20-36-52)75-82-43-57(86-45-70)74-76-69(53-37-21-8-22-38-53,54-39-23-9-24-40-54)55-41-25-10-26-42-55/h3-42,44-46,57,59,62,65,70,74,76H,43H2,1-2H3,(H,71,73)(H,72,79)/t46?,57?,59?,65-/m1/s1. The summed E-state index contributed by atoms with van der Waals surface area (Å²) in [4.78, 5) is 69.9. The van der Waals surface area contributed by atoms with Gasteiger partial charge in [0, 0.05) is 12.3 Å². The number of hydrazine groups is 1. The van der Waals surface area contributed by atoms with Crippen LogP contribution in [0.2, 0.25) is 0 Å². The Balaban J connectivity index is 0.928. The van der Waals surface area contributed by atoms with E-state index >= 15 is 4.79 Å². The van der Waals surface area contributed by atoms with Crippen molar-refractivity contribution in [2.45, 2.75) is 53.1 Å². The molecule has 9 aromatic rings. The Morgan fingerprint density at radius 1 is 0.667 bits per heavy atom. The van der Waals surface area contributed by atoms with Crippen LogP contribution in [0.3, 0.4) is 0 Å². The number of thioether (sulfide) groups is 2. The molecule has 0 bridgehead atoms. The average Bonchev–Trinajstić information content (AvgIpc) is 0.913. The highest BCUT2D eigenvalue weighted by molar-refractivity contribution is 8.12. The van der Waals surface area contributed by atoms with Crippen molar-refractivity contribution in [1.82, 2.24) is 26.1 Å². The van der Waals surface area contributed by atoms with Gasteiger partial charge in [-0.15, -0.1) is 23.1 Å². The van der Waals surface area contributed by atoms with Crippen LogP contribution in [0.15, 0.2) is 265 Å². The number of β-lactam (4-membered cyclic amide) rings is 1. The second-order valence-electron chi connectivity index (χ2n) is 20.3. The number of carbonyl (C=O) groups is 4. The van der Waals surface area contributed by atoms with Gasteiger partial charge in [0.15, 0.2) is 28.4 Å². The second kappa shape index (κ2) is 27.3. The van der Waals surface area contributed by atoms with Crippen molar-refractivity contribution in [3.63, 3.8) is 0 Å². The van der Waals surface area contributed by atoms with Gasteiger partial charge < -0.3 is 30.4 Å². The molecule has 1 saturated heterocycles. The van der Waals surface area contributed by atoms with Crippen LogP contribution in [-0.4, -0.2) is 73.5 Å². The predicted molar refractivity (Wildman–Crippen MR) is 342 cm³/mol. The minimum absolute atomic E-state index is 0.0449. The number of fused-ring (bicyclic) bond motifs is 1. The number of hydrogen-bond acceptors (Lipinski definition) is 16. The number of nitrogens with one attached hydrogen (secondary N) is 5. The first kappa shape index (κ1) is 59.3. The lowest BCUT2D eigenvalue weighted by Crippen LogP contribution is -2.71. The molecule has 436 valence electrons. The number of oxime groups is 1. The SMILES string of the molecule is CC(=O)OC1=C(C(=O)OC(c2ccccc2)c2ccccc2)N2C(=O)C(NC(=O)C(=NOCC(NNC(c3ccccc3)(c3ccccc3)c3ccccc3)SC=N)c3csc(NC(c4ccccc4)(c4ccccc4)c4ccccc4)n3)[C@H]2SC1C. The number of aromatic nitrogens is 1. The molecule has 11 rings (SSSR count). The van der Waals surface area contributed by atoms with E-state index in [1.165, 1.54) is 40.5 Å². The van der Waals surface area contributed by atoms with Gasteiger partial charge >= 0.3 is 11.9 Å². The zero-order valence-electron chi connectivity index (χ0n) is 47.3. The van der Waals surface area contributed by atoms with E-state index in [9.17, 15) is 14.4 Å². The van der Waals surface area contributed by atoms with E-state index < -0.39 is 63.0 Å². The molecule has 0 aliphatic carbocycles. The molecular formula is C69H60N8O7S3. The summed E-state index contributed by atoms with van der Waals surface area (Å²) >= 11 is 3.61. The fraction of sp³-hybridized carbons (Fsp3) is 0.145. The number of amides is 2. The number of thiazole rings is 1. The molecule has 2 amide bonds. The van der Waals surface area contributed by atoms with Crippen molar-refractivity contribution in [2.24, 2.45) is 5.16 Å². The van der Waals surface area contributed by atoms with Gasteiger partial charge in [-0.3, -0.25) is 19.3 Å². The summed E-state index contributed by atoms with van der Waals surface area (Å²) in [5.74, 6) is -3.09. The Morgan fingerprint density at radius 2 is 1.10 bits per heavy atom. The van der Waals surface area contributed by atoms with Crippen molar-refractivity contribution in [3.05, 3.63) is 310 Å². The number of nitrogens with zero attached hydrogens (tertiary/aromatic N) is 3. The van der Waals surface area contributed by atoms with Crippen LogP contribution in [0.5, 0.6) is 0 Å². The molecular weight excluding hydrogens is 1150 g/mol. The highest BCUT2D eigenvalue weighted by Gasteiger charge is 2.57. The molecule has 15 nitrogen and oxygen atoms in total. The number of anilines is 1. The summed E-state index contributed by atoms with van der Waals surface area (Å²) in [5, 5.41) is 19.4. The lowest BCUT2D eigenvalue weighted by Gasteiger charge is -2.50. The maximum Gasteiger partial charge on any atom is 0.359 e. The quantitative estimate of drug-likeness (QED) is 0.00730. The van der Waals surface area contributed by atoms with Gasteiger partial charge in [-0.1, -0.05) is 260 Å². The third-order valence-corrected chi connectivity index (χ3v) is 17.8. The van der Waals surface area contributed by atoms with E-state index in [0.29, 0.717) is 16.3 Å². The Hall–Kier alpha value is -9.43. The Morgan fingerprint density at radius 3 is 1.54 bits per heavy atom. The van der Waals surface area contributed by atoms with Gasteiger partial charge in [-0.25, -0.2) is 20.6 Å². The second-order valence-corrected chi connectivity index (χ2v) is 23.7. The summed E-state index contributed by atoms with van der Waals surface area (Å²) < 4.78 is 12.0. The Bertz CT molecular complexity index is 3660.